The molecule has 0 amide bonds. The largest absolute Gasteiger partial charge is 0.455 e. The van der Waals surface area contributed by atoms with Crippen molar-refractivity contribution in [3.05, 3.63) is 0 Å². The lowest BCUT2D eigenvalue weighted by Gasteiger charge is -2.34. The number of hydrogen-bond acceptors (Lipinski definition) is 3. The van der Waals surface area contributed by atoms with Gasteiger partial charge in [-0.2, -0.15) is 0 Å². The van der Waals surface area contributed by atoms with E-state index in [2.05, 4.69) is 50.7 Å². The van der Waals surface area contributed by atoms with Crippen LogP contribution in [0.1, 0.15) is 52.4 Å². The molecule has 0 spiro atoms. The average Bonchev–Trinajstić information content (AvgIpc) is 2.45. The zero-order valence-corrected chi connectivity index (χ0v) is 18.9. The van der Waals surface area contributed by atoms with Crippen LogP contribution in [0.3, 0.4) is 0 Å². The van der Waals surface area contributed by atoms with Crippen LogP contribution >= 0.6 is 0 Å². The normalized spacial score (nSPS) is 12.8. The van der Waals surface area contributed by atoms with Gasteiger partial charge in [-0.05, 0) is 90.1 Å². The van der Waals surface area contributed by atoms with Gasteiger partial charge in [-0.15, -0.1) is 0 Å². The third kappa shape index (κ3) is 15.6. The zero-order chi connectivity index (χ0) is 17.6. The van der Waals surface area contributed by atoms with Crippen molar-refractivity contribution < 1.29 is 4.12 Å². The molecule has 0 unspecified atom stereocenters. The summed E-state index contributed by atoms with van der Waals surface area (Å²) < 4.78 is 6.70. The molecule has 0 rings (SSSR count). The van der Waals surface area contributed by atoms with Gasteiger partial charge in [-0.1, -0.05) is 26.7 Å². The fourth-order valence-electron chi connectivity index (χ4n) is 2.98. The minimum Gasteiger partial charge on any atom is -0.455 e. The van der Waals surface area contributed by atoms with Crippen LogP contribution in [0.5, 0.6) is 0 Å². The molecule has 0 aromatic heterocycles. The molecule has 2 N–H and O–H groups in total. The number of hydrogen-bond donors (Lipinski definition) is 2. The van der Waals surface area contributed by atoms with Crippen LogP contribution in [0.25, 0.3) is 0 Å². The molecular formula is C18H44N2OSi2. The number of unbranched alkanes of at least 4 members (excludes halogenated alkanes) is 2. The number of rotatable bonds is 16. The molecular weight excluding hydrogens is 316 g/mol. The Morgan fingerprint density at radius 2 is 0.957 bits per heavy atom. The fourth-order valence-corrected chi connectivity index (χ4v) is 11.8. The minimum atomic E-state index is -1.49. The summed E-state index contributed by atoms with van der Waals surface area (Å²) in [5, 5.41) is 7.10. The van der Waals surface area contributed by atoms with Crippen molar-refractivity contribution in [2.45, 2.75) is 90.6 Å². The van der Waals surface area contributed by atoms with Crippen molar-refractivity contribution in [1.82, 2.24) is 10.6 Å². The maximum absolute atomic E-state index is 6.70. The highest BCUT2D eigenvalue weighted by atomic mass is 28.4. The van der Waals surface area contributed by atoms with Crippen molar-refractivity contribution in [2.24, 2.45) is 0 Å². The highest BCUT2D eigenvalue weighted by Gasteiger charge is 2.32. The Labute approximate surface area is 148 Å². The van der Waals surface area contributed by atoms with Crippen LogP contribution in [0.15, 0.2) is 0 Å². The first-order valence-electron chi connectivity index (χ1n) is 9.94. The summed E-state index contributed by atoms with van der Waals surface area (Å²) in [4.78, 5) is 0. The first kappa shape index (κ1) is 23.3. The van der Waals surface area contributed by atoms with E-state index in [9.17, 15) is 0 Å². The van der Waals surface area contributed by atoms with Gasteiger partial charge >= 0.3 is 0 Å². The second kappa shape index (κ2) is 13.6. The Hall–Kier alpha value is 0.314. The van der Waals surface area contributed by atoms with Crippen molar-refractivity contribution in [2.75, 3.05) is 26.2 Å². The average molecular weight is 361 g/mol. The quantitative estimate of drug-likeness (QED) is 0.301. The standard InChI is InChI=1S/C18H44N2OSi2/c1-7-9-13-19-15-11-17-22(3,4)21-23(5,6)18-12-16-20-14-10-8-2/h19-20H,7-18H2,1-6H3. The highest BCUT2D eigenvalue weighted by molar-refractivity contribution is 6.84. The number of nitrogens with one attached hydrogen (secondary N) is 2. The predicted molar refractivity (Wildman–Crippen MR) is 110 cm³/mol. The summed E-state index contributed by atoms with van der Waals surface area (Å²) in [5.74, 6) is 0. The van der Waals surface area contributed by atoms with Crippen LogP contribution in [-0.2, 0) is 4.12 Å². The molecule has 0 aliphatic heterocycles. The molecule has 0 radical (unpaired) electrons. The first-order chi connectivity index (χ1) is 10.8. The molecule has 0 heterocycles. The lowest BCUT2D eigenvalue weighted by Crippen LogP contribution is -2.44. The Balaban J connectivity index is 3.82. The summed E-state index contributed by atoms with van der Waals surface area (Å²) >= 11 is 0. The molecule has 140 valence electrons. The van der Waals surface area contributed by atoms with Gasteiger partial charge in [-0.25, -0.2) is 0 Å². The summed E-state index contributed by atoms with van der Waals surface area (Å²) in [7, 11) is -2.97. The van der Waals surface area contributed by atoms with Crippen molar-refractivity contribution in [3.8, 4) is 0 Å². The molecule has 0 fully saturated rings. The first-order valence-corrected chi connectivity index (χ1v) is 16.2. The van der Waals surface area contributed by atoms with E-state index in [1.165, 1.54) is 63.7 Å². The van der Waals surface area contributed by atoms with Crippen LogP contribution < -0.4 is 10.6 Å². The van der Waals surface area contributed by atoms with E-state index in [0.29, 0.717) is 0 Å². The molecule has 23 heavy (non-hydrogen) atoms. The molecule has 0 saturated carbocycles. The van der Waals surface area contributed by atoms with Crippen LogP contribution in [-0.4, -0.2) is 42.8 Å². The van der Waals surface area contributed by atoms with E-state index < -0.39 is 16.6 Å². The second-order valence-electron chi connectivity index (χ2n) is 8.04. The Morgan fingerprint density at radius 3 is 1.30 bits per heavy atom. The second-order valence-corrected chi connectivity index (χ2v) is 16.9. The van der Waals surface area contributed by atoms with E-state index in [4.69, 9.17) is 4.12 Å². The summed E-state index contributed by atoms with van der Waals surface area (Å²) in [6.45, 7) is 18.8. The van der Waals surface area contributed by atoms with Crippen LogP contribution in [0.4, 0.5) is 0 Å². The fraction of sp³-hybridized carbons (Fsp3) is 1.00. The molecule has 0 atom stereocenters. The molecule has 0 saturated heterocycles. The monoisotopic (exact) mass is 360 g/mol. The van der Waals surface area contributed by atoms with Gasteiger partial charge in [0.2, 0.25) is 0 Å². The van der Waals surface area contributed by atoms with Crippen molar-refractivity contribution in [1.29, 1.82) is 0 Å². The van der Waals surface area contributed by atoms with E-state index in [-0.39, 0.29) is 0 Å². The molecule has 3 nitrogen and oxygen atoms in total. The van der Waals surface area contributed by atoms with E-state index >= 15 is 0 Å². The van der Waals surface area contributed by atoms with Gasteiger partial charge in [0.05, 0.1) is 0 Å². The van der Waals surface area contributed by atoms with E-state index in [1.54, 1.807) is 0 Å². The molecule has 0 aliphatic rings. The predicted octanol–water partition coefficient (Wildman–Crippen LogP) is 4.97. The third-order valence-corrected chi connectivity index (χ3v) is 11.8. The van der Waals surface area contributed by atoms with Gasteiger partial charge in [0.25, 0.3) is 0 Å². The topological polar surface area (TPSA) is 33.3 Å². The van der Waals surface area contributed by atoms with Gasteiger partial charge in [0.15, 0.2) is 16.6 Å². The van der Waals surface area contributed by atoms with Crippen molar-refractivity contribution in [3.63, 3.8) is 0 Å². The third-order valence-electron chi connectivity index (χ3n) is 4.23. The molecule has 0 bridgehead atoms. The zero-order valence-electron chi connectivity index (χ0n) is 16.9. The smallest absolute Gasteiger partial charge is 0.173 e. The molecule has 0 aromatic carbocycles. The van der Waals surface area contributed by atoms with E-state index in [0.717, 1.165) is 13.1 Å². The van der Waals surface area contributed by atoms with Gasteiger partial charge < -0.3 is 14.7 Å². The van der Waals surface area contributed by atoms with Crippen LogP contribution in [0, 0.1) is 0 Å². The van der Waals surface area contributed by atoms with Gasteiger partial charge in [0, 0.05) is 0 Å². The van der Waals surface area contributed by atoms with Crippen LogP contribution in [0.2, 0.25) is 38.3 Å². The molecule has 0 aromatic rings. The SMILES string of the molecule is CCCCNCCC[Si](C)(C)O[Si](C)(C)CCCNCCCC. The van der Waals surface area contributed by atoms with Gasteiger partial charge in [-0.3, -0.25) is 0 Å². The highest BCUT2D eigenvalue weighted by Crippen LogP contribution is 2.23. The summed E-state index contributed by atoms with van der Waals surface area (Å²) in [5.41, 5.74) is 0. The molecule has 5 heteroatoms. The van der Waals surface area contributed by atoms with Gasteiger partial charge in [0.1, 0.15) is 0 Å². The van der Waals surface area contributed by atoms with Crippen molar-refractivity contribution >= 4 is 16.6 Å². The van der Waals surface area contributed by atoms with E-state index in [1.807, 2.05) is 0 Å². The maximum atomic E-state index is 6.70. The minimum absolute atomic E-state index is 1.16. The maximum Gasteiger partial charge on any atom is 0.173 e. The Kier molecular flexibility index (Phi) is 13.8. The lowest BCUT2D eigenvalue weighted by molar-refractivity contribution is 0.522. The molecule has 0 aliphatic carbocycles. The summed E-state index contributed by atoms with van der Waals surface area (Å²) in [6, 6.07) is 2.58. The Morgan fingerprint density at radius 1 is 0.609 bits per heavy atom. The lowest BCUT2D eigenvalue weighted by atomic mass is 10.3. The Bertz CT molecular complexity index is 248. The summed E-state index contributed by atoms with van der Waals surface area (Å²) in [6.07, 6.45) is 7.69.